The second-order valence-electron chi connectivity index (χ2n) is 3.94. The van der Waals surface area contributed by atoms with Crippen molar-refractivity contribution in [3.63, 3.8) is 0 Å². The van der Waals surface area contributed by atoms with Crippen LogP contribution in [0.15, 0.2) is 53.4 Å². The van der Waals surface area contributed by atoms with Crippen LogP contribution in [0.25, 0.3) is 0 Å². The molecule has 98 valence electrons. The molecule has 2 aromatic rings. The summed E-state index contributed by atoms with van der Waals surface area (Å²) < 4.78 is 26.7. The van der Waals surface area contributed by atoms with Gasteiger partial charge in [-0.05, 0) is 36.4 Å². The van der Waals surface area contributed by atoms with Crippen LogP contribution in [0.2, 0.25) is 0 Å². The summed E-state index contributed by atoms with van der Waals surface area (Å²) >= 11 is 0. The number of sulfonamides is 1. The molecule has 0 saturated carbocycles. The molecule has 0 heterocycles. The van der Waals surface area contributed by atoms with Gasteiger partial charge in [0.15, 0.2) is 0 Å². The molecule has 0 fully saturated rings. The van der Waals surface area contributed by atoms with Crippen molar-refractivity contribution in [1.82, 2.24) is 0 Å². The van der Waals surface area contributed by atoms with E-state index in [2.05, 4.69) is 4.72 Å². The van der Waals surface area contributed by atoms with Gasteiger partial charge in [-0.25, -0.2) is 8.42 Å². The molecular formula is C14H9N3O2S. The fraction of sp³-hybridized carbons (Fsp3) is 0. The summed E-state index contributed by atoms with van der Waals surface area (Å²) in [6.07, 6.45) is 0. The molecule has 0 bridgehead atoms. The van der Waals surface area contributed by atoms with E-state index >= 15 is 0 Å². The van der Waals surface area contributed by atoms with E-state index in [0.717, 1.165) is 0 Å². The van der Waals surface area contributed by atoms with Crippen LogP contribution in [-0.2, 0) is 10.0 Å². The van der Waals surface area contributed by atoms with Crippen molar-refractivity contribution in [1.29, 1.82) is 10.5 Å². The van der Waals surface area contributed by atoms with Gasteiger partial charge in [-0.2, -0.15) is 10.5 Å². The predicted molar refractivity (Wildman–Crippen MR) is 73.1 cm³/mol. The summed E-state index contributed by atoms with van der Waals surface area (Å²) in [5, 5.41) is 17.6. The van der Waals surface area contributed by atoms with E-state index < -0.39 is 10.0 Å². The van der Waals surface area contributed by atoms with E-state index in [1.807, 2.05) is 12.1 Å². The van der Waals surface area contributed by atoms with Crippen molar-refractivity contribution >= 4 is 15.7 Å². The minimum Gasteiger partial charge on any atom is -0.280 e. The summed E-state index contributed by atoms with van der Waals surface area (Å²) in [6.45, 7) is 0. The molecule has 0 aliphatic rings. The summed E-state index contributed by atoms with van der Waals surface area (Å²) in [5.74, 6) is 0. The van der Waals surface area contributed by atoms with E-state index in [0.29, 0.717) is 11.3 Å². The maximum Gasteiger partial charge on any atom is 0.261 e. The number of nitrogens with one attached hydrogen (secondary N) is 1. The SMILES string of the molecule is N#Cc1cccc(NS(=O)(=O)c2cccc(C#N)c2)c1. The van der Waals surface area contributed by atoms with E-state index in [-0.39, 0.29) is 10.5 Å². The van der Waals surface area contributed by atoms with Crippen LogP contribution >= 0.6 is 0 Å². The summed E-state index contributed by atoms with van der Waals surface area (Å²) in [5.41, 5.74) is 0.918. The first-order valence-electron chi connectivity index (χ1n) is 5.58. The van der Waals surface area contributed by atoms with Gasteiger partial charge in [0.2, 0.25) is 0 Å². The van der Waals surface area contributed by atoms with Crippen LogP contribution in [0.1, 0.15) is 11.1 Å². The third-order valence-electron chi connectivity index (χ3n) is 2.52. The van der Waals surface area contributed by atoms with Crippen molar-refractivity contribution in [2.24, 2.45) is 0 Å². The maximum atomic E-state index is 12.2. The predicted octanol–water partition coefficient (Wildman–Crippen LogP) is 2.23. The van der Waals surface area contributed by atoms with Crippen LogP contribution in [0, 0.1) is 22.7 Å². The average molecular weight is 283 g/mol. The summed E-state index contributed by atoms with van der Waals surface area (Å²) in [4.78, 5) is -0.00101. The maximum absolute atomic E-state index is 12.2. The Labute approximate surface area is 116 Å². The molecule has 0 saturated heterocycles. The lowest BCUT2D eigenvalue weighted by Gasteiger charge is -2.08. The van der Waals surface area contributed by atoms with E-state index in [1.54, 1.807) is 18.2 Å². The fourth-order valence-electron chi connectivity index (χ4n) is 1.60. The first-order chi connectivity index (χ1) is 9.55. The molecule has 0 amide bonds. The minimum atomic E-state index is -3.78. The van der Waals surface area contributed by atoms with Gasteiger partial charge in [0.25, 0.3) is 10.0 Å². The Morgan fingerprint density at radius 2 is 1.50 bits per heavy atom. The second-order valence-corrected chi connectivity index (χ2v) is 5.62. The number of nitrogens with zero attached hydrogens (tertiary/aromatic N) is 2. The molecule has 1 N–H and O–H groups in total. The summed E-state index contributed by atoms with van der Waals surface area (Å²) in [6, 6.07) is 15.7. The van der Waals surface area contributed by atoms with Gasteiger partial charge in [-0.1, -0.05) is 12.1 Å². The van der Waals surface area contributed by atoms with Gasteiger partial charge >= 0.3 is 0 Å². The highest BCUT2D eigenvalue weighted by Gasteiger charge is 2.14. The molecule has 6 heteroatoms. The highest BCUT2D eigenvalue weighted by molar-refractivity contribution is 7.92. The second kappa shape index (κ2) is 5.43. The normalized spacial score (nSPS) is 10.3. The molecule has 0 spiro atoms. The third-order valence-corrected chi connectivity index (χ3v) is 3.90. The number of anilines is 1. The largest absolute Gasteiger partial charge is 0.280 e. The Balaban J connectivity index is 2.36. The molecule has 0 unspecified atom stereocenters. The van der Waals surface area contributed by atoms with Crippen molar-refractivity contribution < 1.29 is 8.42 Å². The first kappa shape index (κ1) is 13.6. The lowest BCUT2D eigenvalue weighted by Crippen LogP contribution is -2.13. The highest BCUT2D eigenvalue weighted by atomic mass is 32.2. The Kier molecular flexibility index (Phi) is 3.69. The van der Waals surface area contributed by atoms with Crippen LogP contribution in [0.4, 0.5) is 5.69 Å². The number of nitriles is 2. The molecule has 0 aliphatic carbocycles. The first-order valence-corrected chi connectivity index (χ1v) is 7.06. The zero-order chi connectivity index (χ0) is 14.6. The number of rotatable bonds is 3. The number of hydrogen-bond donors (Lipinski definition) is 1. The topological polar surface area (TPSA) is 93.8 Å². The van der Waals surface area contributed by atoms with Gasteiger partial charge in [0.05, 0.1) is 33.8 Å². The zero-order valence-corrected chi connectivity index (χ0v) is 11.1. The fourth-order valence-corrected chi connectivity index (χ4v) is 2.69. The molecule has 0 atom stereocenters. The average Bonchev–Trinajstić information content (AvgIpc) is 2.47. The van der Waals surface area contributed by atoms with Crippen molar-refractivity contribution in [3.8, 4) is 12.1 Å². The van der Waals surface area contributed by atoms with Gasteiger partial charge < -0.3 is 0 Å². The van der Waals surface area contributed by atoms with Crippen LogP contribution < -0.4 is 4.72 Å². The molecule has 2 aromatic carbocycles. The van der Waals surface area contributed by atoms with Crippen LogP contribution in [-0.4, -0.2) is 8.42 Å². The van der Waals surface area contributed by atoms with Gasteiger partial charge in [-0.15, -0.1) is 0 Å². The van der Waals surface area contributed by atoms with E-state index in [4.69, 9.17) is 10.5 Å². The standard InChI is InChI=1S/C14H9N3O2S/c15-9-11-3-1-5-13(7-11)17-20(18,19)14-6-2-4-12(8-14)10-16/h1-8,17H. The van der Waals surface area contributed by atoms with E-state index in [9.17, 15) is 8.42 Å². The molecule has 0 radical (unpaired) electrons. The zero-order valence-electron chi connectivity index (χ0n) is 10.2. The van der Waals surface area contributed by atoms with Gasteiger partial charge in [-0.3, -0.25) is 4.72 Å². The van der Waals surface area contributed by atoms with Crippen molar-refractivity contribution in [2.45, 2.75) is 4.90 Å². The molecule has 0 aromatic heterocycles. The Bertz CT molecular complexity index is 830. The van der Waals surface area contributed by atoms with Crippen molar-refractivity contribution in [3.05, 3.63) is 59.7 Å². The quantitative estimate of drug-likeness (QED) is 0.934. The van der Waals surface area contributed by atoms with E-state index in [1.165, 1.54) is 30.3 Å². The number of hydrogen-bond acceptors (Lipinski definition) is 4. The Hall–Kier alpha value is -2.83. The van der Waals surface area contributed by atoms with Crippen LogP contribution in [0.3, 0.4) is 0 Å². The molecule has 20 heavy (non-hydrogen) atoms. The molecule has 5 nitrogen and oxygen atoms in total. The van der Waals surface area contributed by atoms with Crippen LogP contribution in [0.5, 0.6) is 0 Å². The van der Waals surface area contributed by atoms with Crippen molar-refractivity contribution in [2.75, 3.05) is 4.72 Å². The highest BCUT2D eigenvalue weighted by Crippen LogP contribution is 2.17. The smallest absolute Gasteiger partial charge is 0.261 e. The lowest BCUT2D eigenvalue weighted by atomic mass is 10.2. The third kappa shape index (κ3) is 2.94. The molecular weight excluding hydrogens is 274 g/mol. The molecule has 0 aliphatic heterocycles. The molecule has 2 rings (SSSR count). The lowest BCUT2D eigenvalue weighted by molar-refractivity contribution is 0.601. The van der Waals surface area contributed by atoms with Gasteiger partial charge in [0.1, 0.15) is 0 Å². The van der Waals surface area contributed by atoms with Gasteiger partial charge in [0, 0.05) is 0 Å². The minimum absolute atomic E-state index is 0.00101. The number of benzene rings is 2. The monoisotopic (exact) mass is 283 g/mol. The Morgan fingerprint density at radius 3 is 2.15 bits per heavy atom. The summed E-state index contributed by atoms with van der Waals surface area (Å²) in [7, 11) is -3.78. The Morgan fingerprint density at radius 1 is 0.900 bits per heavy atom.